The summed E-state index contributed by atoms with van der Waals surface area (Å²) in [5.74, 6) is 0.491. The maximum absolute atomic E-state index is 11.9. The van der Waals surface area contributed by atoms with Crippen molar-refractivity contribution in [2.24, 2.45) is 5.92 Å². The third-order valence-electron chi connectivity index (χ3n) is 3.24. The number of amides is 1. The summed E-state index contributed by atoms with van der Waals surface area (Å²) < 4.78 is 5.39. The molecule has 2 heterocycles. The Bertz CT molecular complexity index is 425. The van der Waals surface area contributed by atoms with Crippen LogP contribution in [0.3, 0.4) is 0 Å². The number of nitrogens with one attached hydrogen (secondary N) is 2. The van der Waals surface area contributed by atoms with Gasteiger partial charge in [-0.2, -0.15) is 5.10 Å². The van der Waals surface area contributed by atoms with E-state index in [2.05, 4.69) is 15.5 Å². The van der Waals surface area contributed by atoms with E-state index in [0.29, 0.717) is 5.92 Å². The van der Waals surface area contributed by atoms with E-state index in [1.165, 1.54) is 0 Å². The Hall–Kier alpha value is -1.56. The predicted octanol–water partition coefficient (Wildman–Crippen LogP) is 1.76. The summed E-state index contributed by atoms with van der Waals surface area (Å²) in [6, 6.07) is 1.95. The van der Waals surface area contributed by atoms with Gasteiger partial charge in [0.15, 0.2) is 0 Å². The third kappa shape index (κ3) is 4.52. The van der Waals surface area contributed by atoms with Crippen LogP contribution in [0.15, 0.2) is 12.3 Å². The number of hydrogen-bond donors (Lipinski definition) is 2. The minimum Gasteiger partial charge on any atom is -0.444 e. The number of hydrogen-bond acceptors (Lipinski definition) is 4. The lowest BCUT2D eigenvalue weighted by Crippen LogP contribution is -2.36. The zero-order chi connectivity index (χ0) is 14.6. The molecule has 1 aromatic rings. The summed E-state index contributed by atoms with van der Waals surface area (Å²) >= 11 is 0. The van der Waals surface area contributed by atoms with Gasteiger partial charge in [-0.3, -0.25) is 5.10 Å². The van der Waals surface area contributed by atoms with Crippen LogP contribution in [0.4, 0.5) is 4.79 Å². The summed E-state index contributed by atoms with van der Waals surface area (Å²) in [7, 11) is 0. The molecule has 6 nitrogen and oxygen atoms in total. The molecule has 1 unspecified atom stereocenters. The molecule has 0 bridgehead atoms. The molecular weight excluding hydrogens is 256 g/mol. The second-order valence-corrected chi connectivity index (χ2v) is 6.29. The van der Waals surface area contributed by atoms with Crippen molar-refractivity contribution in [1.82, 2.24) is 20.4 Å². The minimum absolute atomic E-state index is 0.200. The number of rotatable bonds is 4. The standard InChI is InChI=1S/C14H24N4O2/c1-14(2,3)20-13(19)18-7-5-11(10-18)8-15-9-12-4-6-16-17-12/h4,6,11,15H,5,7-10H2,1-3H3,(H,16,17). The van der Waals surface area contributed by atoms with Gasteiger partial charge in [0, 0.05) is 38.1 Å². The van der Waals surface area contributed by atoms with Crippen LogP contribution in [-0.4, -0.2) is 46.4 Å². The summed E-state index contributed by atoms with van der Waals surface area (Å²) in [5.41, 5.74) is 0.653. The lowest BCUT2D eigenvalue weighted by molar-refractivity contribution is 0.0288. The number of carbonyl (C=O) groups excluding carboxylic acids is 1. The summed E-state index contributed by atoms with van der Waals surface area (Å²) in [5, 5.41) is 10.2. The molecule has 20 heavy (non-hydrogen) atoms. The minimum atomic E-state index is -0.423. The number of nitrogens with zero attached hydrogens (tertiary/aromatic N) is 2. The van der Waals surface area contributed by atoms with Crippen LogP contribution in [-0.2, 0) is 11.3 Å². The van der Waals surface area contributed by atoms with E-state index in [-0.39, 0.29) is 6.09 Å². The van der Waals surface area contributed by atoms with Crippen molar-refractivity contribution in [1.29, 1.82) is 0 Å². The van der Waals surface area contributed by atoms with Crippen LogP contribution in [0, 0.1) is 5.92 Å². The van der Waals surface area contributed by atoms with Gasteiger partial charge in [0.25, 0.3) is 0 Å². The molecule has 1 aromatic heterocycles. The Morgan fingerprint density at radius 2 is 2.40 bits per heavy atom. The van der Waals surface area contributed by atoms with Crippen molar-refractivity contribution in [3.05, 3.63) is 18.0 Å². The van der Waals surface area contributed by atoms with Crippen LogP contribution in [0.5, 0.6) is 0 Å². The second-order valence-electron chi connectivity index (χ2n) is 6.29. The molecule has 0 radical (unpaired) electrons. The van der Waals surface area contributed by atoms with E-state index in [4.69, 9.17) is 4.74 Å². The van der Waals surface area contributed by atoms with E-state index >= 15 is 0 Å². The van der Waals surface area contributed by atoms with Gasteiger partial charge in [-0.25, -0.2) is 4.79 Å². The van der Waals surface area contributed by atoms with Gasteiger partial charge in [-0.1, -0.05) is 0 Å². The molecule has 1 aliphatic heterocycles. The first-order valence-corrected chi connectivity index (χ1v) is 7.11. The summed E-state index contributed by atoms with van der Waals surface area (Å²) in [6.45, 7) is 8.91. The van der Waals surface area contributed by atoms with E-state index in [1.54, 1.807) is 11.1 Å². The number of aromatic nitrogens is 2. The van der Waals surface area contributed by atoms with E-state index in [1.807, 2.05) is 26.8 Å². The van der Waals surface area contributed by atoms with Crippen molar-refractivity contribution in [2.45, 2.75) is 39.3 Å². The fourth-order valence-corrected chi connectivity index (χ4v) is 2.29. The number of likely N-dealkylation sites (tertiary alicyclic amines) is 1. The van der Waals surface area contributed by atoms with Gasteiger partial charge in [0.05, 0.1) is 0 Å². The SMILES string of the molecule is CC(C)(C)OC(=O)N1CCC(CNCc2ccn[nH]2)C1. The Kier molecular flexibility index (Phi) is 4.65. The molecule has 2 N–H and O–H groups in total. The first-order valence-electron chi connectivity index (χ1n) is 7.11. The van der Waals surface area contributed by atoms with Gasteiger partial charge >= 0.3 is 6.09 Å². The largest absolute Gasteiger partial charge is 0.444 e. The maximum atomic E-state index is 11.9. The fourth-order valence-electron chi connectivity index (χ4n) is 2.29. The molecule has 112 valence electrons. The molecule has 2 rings (SSSR count). The molecule has 1 aliphatic rings. The van der Waals surface area contributed by atoms with Gasteiger partial charge in [0.1, 0.15) is 5.60 Å². The van der Waals surface area contributed by atoms with Gasteiger partial charge in [-0.05, 0) is 39.2 Å². The first-order chi connectivity index (χ1) is 9.44. The van der Waals surface area contributed by atoms with Crippen molar-refractivity contribution in [3.63, 3.8) is 0 Å². The molecule has 1 atom stereocenters. The Labute approximate surface area is 119 Å². The summed E-state index contributed by atoms with van der Waals surface area (Å²) in [6.07, 6.45) is 2.57. The lowest BCUT2D eigenvalue weighted by Gasteiger charge is -2.24. The first kappa shape index (κ1) is 14.8. The molecule has 0 aliphatic carbocycles. The monoisotopic (exact) mass is 280 g/mol. The van der Waals surface area contributed by atoms with Crippen LogP contribution in [0.1, 0.15) is 32.9 Å². The molecule has 0 aromatic carbocycles. The zero-order valence-corrected chi connectivity index (χ0v) is 12.5. The van der Waals surface area contributed by atoms with Crippen molar-refractivity contribution in [3.8, 4) is 0 Å². The van der Waals surface area contributed by atoms with E-state index < -0.39 is 5.60 Å². The molecule has 1 amide bonds. The molecular formula is C14H24N4O2. The molecule has 1 fully saturated rings. The van der Waals surface area contributed by atoms with Crippen molar-refractivity contribution < 1.29 is 9.53 Å². The highest BCUT2D eigenvalue weighted by Gasteiger charge is 2.29. The van der Waals surface area contributed by atoms with Gasteiger partial charge in [-0.15, -0.1) is 0 Å². The van der Waals surface area contributed by atoms with E-state index in [9.17, 15) is 4.79 Å². The highest BCUT2D eigenvalue weighted by atomic mass is 16.6. The van der Waals surface area contributed by atoms with Crippen LogP contribution in [0.2, 0.25) is 0 Å². The number of carbonyl (C=O) groups is 1. The molecule has 0 spiro atoms. The highest BCUT2D eigenvalue weighted by Crippen LogP contribution is 2.18. The number of aromatic amines is 1. The molecule has 0 saturated carbocycles. The topological polar surface area (TPSA) is 70.2 Å². The zero-order valence-electron chi connectivity index (χ0n) is 12.5. The second kappa shape index (κ2) is 6.26. The lowest BCUT2D eigenvalue weighted by atomic mass is 10.1. The molecule has 6 heteroatoms. The Balaban J connectivity index is 1.68. The summed E-state index contributed by atoms with van der Waals surface area (Å²) in [4.78, 5) is 13.7. The Morgan fingerprint density at radius 3 is 3.05 bits per heavy atom. The highest BCUT2D eigenvalue weighted by molar-refractivity contribution is 5.68. The van der Waals surface area contributed by atoms with E-state index in [0.717, 1.165) is 38.3 Å². The number of ether oxygens (including phenoxy) is 1. The van der Waals surface area contributed by atoms with Crippen LogP contribution in [0.25, 0.3) is 0 Å². The maximum Gasteiger partial charge on any atom is 0.410 e. The molecule has 1 saturated heterocycles. The smallest absolute Gasteiger partial charge is 0.410 e. The fraction of sp³-hybridized carbons (Fsp3) is 0.714. The third-order valence-corrected chi connectivity index (χ3v) is 3.24. The predicted molar refractivity (Wildman–Crippen MR) is 76.2 cm³/mol. The quantitative estimate of drug-likeness (QED) is 0.881. The van der Waals surface area contributed by atoms with Gasteiger partial charge < -0.3 is 15.0 Å². The van der Waals surface area contributed by atoms with Crippen LogP contribution < -0.4 is 5.32 Å². The normalized spacial score (nSPS) is 19.4. The van der Waals surface area contributed by atoms with Crippen LogP contribution >= 0.6 is 0 Å². The van der Waals surface area contributed by atoms with Gasteiger partial charge in [0.2, 0.25) is 0 Å². The average Bonchev–Trinajstić information content (AvgIpc) is 2.97. The van der Waals surface area contributed by atoms with Crippen molar-refractivity contribution in [2.75, 3.05) is 19.6 Å². The number of H-pyrrole nitrogens is 1. The average molecular weight is 280 g/mol. The Morgan fingerprint density at radius 1 is 1.60 bits per heavy atom. The van der Waals surface area contributed by atoms with Crippen molar-refractivity contribution >= 4 is 6.09 Å².